The standard InChI is InChI=1S/C12H12F2N2O5/c1-3-12(2,11(18)19)15-10(17)8-6(13)4-5-7(9(8)14)16(20)21/h4-5H,3H2,1-2H3,(H,15,17)(H,18,19). The van der Waals surface area contributed by atoms with Crippen LogP contribution in [0.3, 0.4) is 0 Å². The van der Waals surface area contributed by atoms with Gasteiger partial charge in [0.25, 0.3) is 5.91 Å². The third-order valence-corrected chi connectivity index (χ3v) is 3.06. The summed E-state index contributed by atoms with van der Waals surface area (Å²) in [6.07, 6.45) is -0.0494. The molecule has 1 amide bonds. The van der Waals surface area contributed by atoms with Crippen molar-refractivity contribution >= 4 is 17.6 Å². The van der Waals surface area contributed by atoms with Gasteiger partial charge in [-0.3, -0.25) is 14.9 Å². The average molecular weight is 302 g/mol. The molecule has 0 saturated carbocycles. The molecule has 1 aromatic carbocycles. The molecule has 0 spiro atoms. The second-order valence-electron chi connectivity index (χ2n) is 4.46. The Labute approximate surface area is 117 Å². The van der Waals surface area contributed by atoms with Gasteiger partial charge in [-0.2, -0.15) is 4.39 Å². The number of carbonyl (C=O) groups excluding carboxylic acids is 1. The van der Waals surface area contributed by atoms with Crippen LogP contribution in [0.25, 0.3) is 0 Å². The fraction of sp³-hybridized carbons (Fsp3) is 0.333. The molecule has 1 atom stereocenters. The summed E-state index contributed by atoms with van der Waals surface area (Å²) in [6, 6.07) is 1.15. The Bertz CT molecular complexity index is 620. The number of nitrogens with zero attached hydrogens (tertiary/aromatic N) is 1. The van der Waals surface area contributed by atoms with Crippen LogP contribution in [0.5, 0.6) is 0 Å². The molecule has 0 aliphatic heterocycles. The maximum absolute atomic E-state index is 13.8. The summed E-state index contributed by atoms with van der Waals surface area (Å²) >= 11 is 0. The van der Waals surface area contributed by atoms with E-state index in [0.29, 0.717) is 12.1 Å². The van der Waals surface area contributed by atoms with E-state index >= 15 is 0 Å². The minimum atomic E-state index is -1.75. The number of aliphatic carboxylic acids is 1. The van der Waals surface area contributed by atoms with Crippen LogP contribution in [0, 0.1) is 21.7 Å². The maximum Gasteiger partial charge on any atom is 0.329 e. The van der Waals surface area contributed by atoms with Crippen molar-refractivity contribution in [2.45, 2.75) is 25.8 Å². The molecule has 0 radical (unpaired) electrons. The molecule has 9 heteroatoms. The molecular formula is C12H12F2N2O5. The number of amides is 1. The minimum Gasteiger partial charge on any atom is -0.480 e. The lowest BCUT2D eigenvalue weighted by atomic mass is 9.98. The van der Waals surface area contributed by atoms with Crippen LogP contribution in [0.2, 0.25) is 0 Å². The average Bonchev–Trinajstić information content (AvgIpc) is 2.37. The van der Waals surface area contributed by atoms with Crippen molar-refractivity contribution < 1.29 is 28.4 Å². The number of carboxylic acids is 1. The smallest absolute Gasteiger partial charge is 0.329 e. The monoisotopic (exact) mass is 302 g/mol. The molecule has 114 valence electrons. The van der Waals surface area contributed by atoms with Crippen LogP contribution in [-0.4, -0.2) is 27.4 Å². The maximum atomic E-state index is 13.8. The predicted octanol–water partition coefficient (Wildman–Crippen LogP) is 1.86. The van der Waals surface area contributed by atoms with Gasteiger partial charge in [-0.1, -0.05) is 6.92 Å². The Morgan fingerprint density at radius 2 is 2.00 bits per heavy atom. The van der Waals surface area contributed by atoms with Gasteiger partial charge in [0.1, 0.15) is 16.9 Å². The highest BCUT2D eigenvalue weighted by molar-refractivity contribution is 5.98. The zero-order chi connectivity index (χ0) is 16.4. The number of carboxylic acid groups (broad SMARTS) is 1. The summed E-state index contributed by atoms with van der Waals surface area (Å²) in [5.41, 5.74) is -4.01. The molecule has 1 rings (SSSR count). The summed E-state index contributed by atoms with van der Waals surface area (Å²) in [4.78, 5) is 32.4. The first kappa shape index (κ1) is 16.5. The van der Waals surface area contributed by atoms with Gasteiger partial charge >= 0.3 is 11.7 Å². The normalized spacial score (nSPS) is 13.3. The van der Waals surface area contributed by atoms with E-state index in [1.807, 2.05) is 5.32 Å². The van der Waals surface area contributed by atoms with E-state index in [0.717, 1.165) is 6.92 Å². The van der Waals surface area contributed by atoms with Gasteiger partial charge in [-0.05, 0) is 19.4 Å². The SMILES string of the molecule is CCC(C)(NC(=O)c1c(F)ccc([N+](=O)[O-])c1F)C(=O)O. The Hall–Kier alpha value is -2.58. The highest BCUT2D eigenvalue weighted by Crippen LogP contribution is 2.24. The van der Waals surface area contributed by atoms with Crippen LogP contribution in [0.15, 0.2) is 12.1 Å². The molecule has 1 unspecified atom stereocenters. The molecule has 0 bridgehead atoms. The summed E-state index contributed by atoms with van der Waals surface area (Å²) in [7, 11) is 0. The summed E-state index contributed by atoms with van der Waals surface area (Å²) in [6.45, 7) is 2.61. The van der Waals surface area contributed by atoms with Gasteiger partial charge < -0.3 is 10.4 Å². The van der Waals surface area contributed by atoms with E-state index in [-0.39, 0.29) is 6.42 Å². The van der Waals surface area contributed by atoms with Crippen LogP contribution in [0.4, 0.5) is 14.5 Å². The molecule has 21 heavy (non-hydrogen) atoms. The van der Waals surface area contributed by atoms with Crippen molar-refractivity contribution in [2.24, 2.45) is 0 Å². The van der Waals surface area contributed by atoms with Crippen LogP contribution in [-0.2, 0) is 4.79 Å². The van der Waals surface area contributed by atoms with Crippen molar-refractivity contribution in [1.82, 2.24) is 5.32 Å². The summed E-state index contributed by atoms with van der Waals surface area (Å²) in [5.74, 6) is -5.74. The quantitative estimate of drug-likeness (QED) is 0.637. The van der Waals surface area contributed by atoms with Gasteiger partial charge in [-0.25, -0.2) is 9.18 Å². The molecular weight excluding hydrogens is 290 g/mol. The molecule has 2 N–H and O–H groups in total. The molecule has 0 aromatic heterocycles. The number of hydrogen-bond acceptors (Lipinski definition) is 4. The predicted molar refractivity (Wildman–Crippen MR) is 66.8 cm³/mol. The lowest BCUT2D eigenvalue weighted by Crippen LogP contribution is -2.52. The fourth-order valence-electron chi connectivity index (χ4n) is 1.50. The van der Waals surface area contributed by atoms with Crippen molar-refractivity contribution in [3.8, 4) is 0 Å². The van der Waals surface area contributed by atoms with Gasteiger partial charge in [0.05, 0.1) is 4.92 Å². The first-order valence-corrected chi connectivity index (χ1v) is 5.82. The Kier molecular flexibility index (Phi) is 4.56. The van der Waals surface area contributed by atoms with E-state index in [1.165, 1.54) is 6.92 Å². The molecule has 0 fully saturated rings. The molecule has 0 aliphatic rings. The molecule has 1 aromatic rings. The van der Waals surface area contributed by atoms with E-state index < -0.39 is 45.2 Å². The number of benzene rings is 1. The van der Waals surface area contributed by atoms with E-state index in [1.54, 1.807) is 0 Å². The topological polar surface area (TPSA) is 110 Å². The second-order valence-corrected chi connectivity index (χ2v) is 4.46. The van der Waals surface area contributed by atoms with Gasteiger partial charge in [0.15, 0.2) is 0 Å². The number of carbonyl (C=O) groups is 2. The Morgan fingerprint density at radius 3 is 2.43 bits per heavy atom. The molecule has 0 heterocycles. The zero-order valence-corrected chi connectivity index (χ0v) is 11.1. The lowest BCUT2D eigenvalue weighted by molar-refractivity contribution is -0.387. The van der Waals surface area contributed by atoms with Gasteiger partial charge in [0.2, 0.25) is 5.82 Å². The Morgan fingerprint density at radius 1 is 1.43 bits per heavy atom. The number of rotatable bonds is 5. The van der Waals surface area contributed by atoms with Crippen LogP contribution < -0.4 is 5.32 Å². The minimum absolute atomic E-state index is 0.0494. The summed E-state index contributed by atoms with van der Waals surface area (Å²) < 4.78 is 27.4. The zero-order valence-electron chi connectivity index (χ0n) is 11.1. The van der Waals surface area contributed by atoms with Crippen LogP contribution >= 0.6 is 0 Å². The highest BCUT2D eigenvalue weighted by atomic mass is 19.1. The molecule has 0 saturated heterocycles. The summed E-state index contributed by atoms with van der Waals surface area (Å²) in [5, 5.41) is 21.5. The van der Waals surface area contributed by atoms with Crippen LogP contribution in [0.1, 0.15) is 30.6 Å². The lowest BCUT2D eigenvalue weighted by Gasteiger charge is -2.24. The number of nitrogens with one attached hydrogen (secondary N) is 1. The largest absolute Gasteiger partial charge is 0.480 e. The fourth-order valence-corrected chi connectivity index (χ4v) is 1.50. The first-order valence-electron chi connectivity index (χ1n) is 5.82. The van der Waals surface area contributed by atoms with Crippen molar-refractivity contribution in [3.05, 3.63) is 39.4 Å². The first-order chi connectivity index (χ1) is 9.64. The number of nitro benzene ring substituents is 1. The third kappa shape index (κ3) is 3.12. The number of halogens is 2. The second kappa shape index (κ2) is 5.81. The molecule has 0 aliphatic carbocycles. The number of hydrogen-bond donors (Lipinski definition) is 2. The van der Waals surface area contributed by atoms with E-state index in [4.69, 9.17) is 5.11 Å². The van der Waals surface area contributed by atoms with E-state index in [9.17, 15) is 28.5 Å². The van der Waals surface area contributed by atoms with Crippen molar-refractivity contribution in [3.63, 3.8) is 0 Å². The van der Waals surface area contributed by atoms with Gasteiger partial charge in [-0.15, -0.1) is 0 Å². The Balaban J connectivity index is 3.28. The van der Waals surface area contributed by atoms with Crippen molar-refractivity contribution in [2.75, 3.05) is 0 Å². The van der Waals surface area contributed by atoms with Gasteiger partial charge in [0, 0.05) is 6.07 Å². The molecule has 7 nitrogen and oxygen atoms in total. The number of nitro groups is 1. The highest BCUT2D eigenvalue weighted by Gasteiger charge is 2.35. The van der Waals surface area contributed by atoms with Crippen molar-refractivity contribution in [1.29, 1.82) is 0 Å². The van der Waals surface area contributed by atoms with E-state index in [2.05, 4.69) is 0 Å². The third-order valence-electron chi connectivity index (χ3n) is 3.06.